The first-order valence-corrected chi connectivity index (χ1v) is 12.3. The number of aryl methyl sites for hydroxylation is 1. The normalized spacial score (nSPS) is 17.1. The average Bonchev–Trinajstić information content (AvgIpc) is 3.33. The fourth-order valence-electron chi connectivity index (χ4n) is 5.05. The second-order valence-corrected chi connectivity index (χ2v) is 9.17. The lowest BCUT2D eigenvalue weighted by Gasteiger charge is -2.22. The highest BCUT2D eigenvalue weighted by molar-refractivity contribution is 5.70. The molecule has 1 aromatic heterocycles. The van der Waals surface area contributed by atoms with Crippen LogP contribution in [0.3, 0.4) is 0 Å². The third kappa shape index (κ3) is 5.40. The Balaban J connectivity index is 1.25. The van der Waals surface area contributed by atoms with Crippen LogP contribution in [0.2, 0.25) is 0 Å². The van der Waals surface area contributed by atoms with E-state index < -0.39 is 0 Å². The van der Waals surface area contributed by atoms with Gasteiger partial charge in [0, 0.05) is 42.6 Å². The van der Waals surface area contributed by atoms with Crippen LogP contribution in [0.5, 0.6) is 0 Å². The number of pyridine rings is 1. The summed E-state index contributed by atoms with van der Waals surface area (Å²) in [6.45, 7) is 2.45. The number of ether oxygens (including phenoxy) is 2. The molecule has 6 heteroatoms. The minimum atomic E-state index is -0.286. The number of hydrogen-bond acceptors (Lipinski definition) is 6. The summed E-state index contributed by atoms with van der Waals surface area (Å²) in [6, 6.07) is 17.6. The van der Waals surface area contributed by atoms with Gasteiger partial charge in [0.25, 0.3) is 0 Å². The first-order chi connectivity index (χ1) is 17.2. The molecule has 2 aromatic carbocycles. The van der Waals surface area contributed by atoms with Gasteiger partial charge in [-0.05, 0) is 71.9 Å². The summed E-state index contributed by atoms with van der Waals surface area (Å²) in [4.78, 5) is 6.50. The number of aliphatic hydroxyl groups is 1. The molecule has 0 radical (unpaired) electrons. The van der Waals surface area contributed by atoms with Gasteiger partial charge >= 0.3 is 0 Å². The van der Waals surface area contributed by atoms with E-state index in [1.165, 1.54) is 33.6 Å². The van der Waals surface area contributed by atoms with E-state index in [2.05, 4.69) is 70.8 Å². The van der Waals surface area contributed by atoms with Crippen LogP contribution in [0.25, 0.3) is 5.57 Å². The van der Waals surface area contributed by atoms with Crippen LogP contribution in [0, 0.1) is 0 Å². The molecule has 0 saturated heterocycles. The Kier molecular flexibility index (Phi) is 7.42. The van der Waals surface area contributed by atoms with Crippen molar-refractivity contribution in [3.8, 4) is 0 Å². The van der Waals surface area contributed by atoms with Gasteiger partial charge < -0.3 is 24.8 Å². The van der Waals surface area contributed by atoms with Crippen molar-refractivity contribution in [1.29, 1.82) is 0 Å². The van der Waals surface area contributed by atoms with E-state index in [0.29, 0.717) is 19.1 Å². The van der Waals surface area contributed by atoms with Crippen molar-refractivity contribution < 1.29 is 14.6 Å². The van der Waals surface area contributed by atoms with Crippen molar-refractivity contribution in [2.75, 3.05) is 43.8 Å². The highest BCUT2D eigenvalue weighted by Gasteiger charge is 2.23. The van der Waals surface area contributed by atoms with E-state index >= 15 is 0 Å². The fraction of sp³-hybridized carbons (Fsp3) is 0.345. The summed E-state index contributed by atoms with van der Waals surface area (Å²) >= 11 is 0. The quantitative estimate of drug-likeness (QED) is 0.415. The number of fused-ring (bicyclic) bond motifs is 1. The molecule has 1 aliphatic carbocycles. The number of nitrogens with zero attached hydrogens (tertiary/aromatic N) is 2. The molecule has 2 aliphatic rings. The minimum Gasteiger partial charge on any atom is -0.383 e. The molecule has 35 heavy (non-hydrogen) atoms. The predicted molar refractivity (Wildman–Crippen MR) is 140 cm³/mol. The highest BCUT2D eigenvalue weighted by Crippen LogP contribution is 2.37. The maximum atomic E-state index is 8.96. The van der Waals surface area contributed by atoms with Crippen molar-refractivity contribution in [2.45, 2.75) is 31.8 Å². The van der Waals surface area contributed by atoms with Crippen molar-refractivity contribution in [3.63, 3.8) is 0 Å². The fourth-order valence-corrected chi connectivity index (χ4v) is 5.05. The molecular weight excluding hydrogens is 438 g/mol. The zero-order valence-electron chi connectivity index (χ0n) is 20.2. The Bertz CT molecular complexity index is 1180. The first kappa shape index (κ1) is 23.5. The van der Waals surface area contributed by atoms with Gasteiger partial charge in [-0.15, -0.1) is 0 Å². The Morgan fingerprint density at radius 1 is 1.11 bits per heavy atom. The summed E-state index contributed by atoms with van der Waals surface area (Å²) in [6.07, 6.45) is 8.96. The molecule has 0 fully saturated rings. The SMILES string of the molecule is CN(c1ccc(C2=CCOCC2)cc1)c1ccc2c(c1)CC[C@H]2CNc1cnccc1COCO. The molecule has 0 unspecified atom stereocenters. The largest absolute Gasteiger partial charge is 0.383 e. The third-order valence-electron chi connectivity index (χ3n) is 7.10. The average molecular weight is 472 g/mol. The second-order valence-electron chi connectivity index (χ2n) is 9.17. The number of aromatic nitrogens is 1. The van der Waals surface area contributed by atoms with E-state index in [9.17, 15) is 0 Å². The Labute approximate surface area is 207 Å². The standard InChI is InChI=1S/C29H33N3O3/c1-32(26-6-4-21(5-7-26)22-11-14-34-15-12-22)27-8-9-28-23(16-27)2-3-24(28)17-31-29-18-30-13-10-25(29)19-35-20-33/h4-11,13,16,18,24,31,33H,2-3,12,14-15,17,19-20H2,1H3/t24-/m0/s1. The number of benzene rings is 2. The predicted octanol–water partition coefficient (Wildman–Crippen LogP) is 5.26. The Morgan fingerprint density at radius 3 is 2.77 bits per heavy atom. The van der Waals surface area contributed by atoms with Gasteiger partial charge in [0.05, 0.1) is 31.7 Å². The maximum absolute atomic E-state index is 8.96. The van der Waals surface area contributed by atoms with Gasteiger partial charge in [-0.1, -0.05) is 24.3 Å². The lowest BCUT2D eigenvalue weighted by molar-refractivity contribution is -0.0110. The molecule has 2 N–H and O–H groups in total. The van der Waals surface area contributed by atoms with E-state index in [-0.39, 0.29) is 6.79 Å². The zero-order valence-corrected chi connectivity index (χ0v) is 20.2. The molecule has 0 saturated carbocycles. The van der Waals surface area contributed by atoms with Gasteiger partial charge in [0.15, 0.2) is 0 Å². The molecule has 0 bridgehead atoms. The summed E-state index contributed by atoms with van der Waals surface area (Å²) in [7, 11) is 2.14. The summed E-state index contributed by atoms with van der Waals surface area (Å²) < 4.78 is 10.6. The van der Waals surface area contributed by atoms with Crippen LogP contribution in [0.4, 0.5) is 17.1 Å². The lowest BCUT2D eigenvalue weighted by atomic mass is 10.00. The molecule has 0 spiro atoms. The Hall–Kier alpha value is -3.19. The molecule has 6 nitrogen and oxygen atoms in total. The van der Waals surface area contributed by atoms with Crippen molar-refractivity contribution in [2.24, 2.45) is 0 Å². The van der Waals surface area contributed by atoms with Crippen molar-refractivity contribution in [3.05, 3.63) is 89.3 Å². The topological polar surface area (TPSA) is 66.9 Å². The highest BCUT2D eigenvalue weighted by atomic mass is 16.6. The number of aliphatic hydroxyl groups excluding tert-OH is 1. The first-order valence-electron chi connectivity index (χ1n) is 12.3. The molecule has 1 atom stereocenters. The van der Waals surface area contributed by atoms with Crippen LogP contribution < -0.4 is 10.2 Å². The number of hydrogen-bond donors (Lipinski definition) is 2. The van der Waals surface area contributed by atoms with E-state index in [1.807, 2.05) is 12.3 Å². The molecule has 182 valence electrons. The van der Waals surface area contributed by atoms with Crippen molar-refractivity contribution >= 4 is 22.6 Å². The van der Waals surface area contributed by atoms with Crippen molar-refractivity contribution in [1.82, 2.24) is 4.98 Å². The molecule has 2 heterocycles. The van der Waals surface area contributed by atoms with Gasteiger partial charge in [-0.25, -0.2) is 0 Å². The van der Waals surface area contributed by atoms with Crippen LogP contribution >= 0.6 is 0 Å². The van der Waals surface area contributed by atoms with Gasteiger partial charge in [0.1, 0.15) is 6.79 Å². The van der Waals surface area contributed by atoms with E-state index in [0.717, 1.165) is 43.7 Å². The van der Waals surface area contributed by atoms with Crippen LogP contribution in [0.1, 0.15) is 41.0 Å². The maximum Gasteiger partial charge on any atom is 0.144 e. The third-order valence-corrected chi connectivity index (χ3v) is 7.10. The minimum absolute atomic E-state index is 0.286. The van der Waals surface area contributed by atoms with Crippen LogP contribution in [-0.4, -0.2) is 43.7 Å². The summed E-state index contributed by atoms with van der Waals surface area (Å²) in [5.41, 5.74) is 9.89. The molecular formula is C29H33N3O3. The summed E-state index contributed by atoms with van der Waals surface area (Å²) in [5, 5.41) is 12.5. The van der Waals surface area contributed by atoms with E-state index in [4.69, 9.17) is 14.6 Å². The second kappa shape index (κ2) is 11.0. The molecule has 0 amide bonds. The zero-order chi connectivity index (χ0) is 24.0. The smallest absolute Gasteiger partial charge is 0.144 e. The van der Waals surface area contributed by atoms with E-state index in [1.54, 1.807) is 6.20 Å². The molecule has 1 aliphatic heterocycles. The molecule has 5 rings (SSSR count). The number of nitrogens with one attached hydrogen (secondary N) is 1. The summed E-state index contributed by atoms with van der Waals surface area (Å²) in [5.74, 6) is 0.461. The monoisotopic (exact) mass is 471 g/mol. The number of rotatable bonds is 9. The lowest BCUT2D eigenvalue weighted by Crippen LogP contribution is -2.13. The Morgan fingerprint density at radius 2 is 1.97 bits per heavy atom. The van der Waals surface area contributed by atoms with Gasteiger partial charge in [-0.2, -0.15) is 0 Å². The van der Waals surface area contributed by atoms with Gasteiger partial charge in [0.2, 0.25) is 0 Å². The molecule has 3 aromatic rings. The van der Waals surface area contributed by atoms with Crippen LogP contribution in [0.15, 0.2) is 67.0 Å². The van der Waals surface area contributed by atoms with Gasteiger partial charge in [-0.3, -0.25) is 4.98 Å². The van der Waals surface area contributed by atoms with Crippen LogP contribution in [-0.2, 0) is 22.5 Å². The number of anilines is 3.